The number of piperidine rings is 1. The van der Waals surface area contributed by atoms with Gasteiger partial charge in [-0.25, -0.2) is 9.37 Å². The third kappa shape index (κ3) is 2.37. The van der Waals surface area contributed by atoms with Crippen LogP contribution in [0.15, 0.2) is 30.5 Å². The number of halogens is 1. The Kier molecular flexibility index (Phi) is 3.47. The van der Waals surface area contributed by atoms with Crippen LogP contribution in [0, 0.1) is 12.7 Å². The summed E-state index contributed by atoms with van der Waals surface area (Å²) in [6.45, 7) is 2.05. The molecule has 0 spiro atoms. The van der Waals surface area contributed by atoms with Crippen LogP contribution in [0.1, 0.15) is 31.2 Å². The van der Waals surface area contributed by atoms with E-state index in [1.165, 1.54) is 44.5 Å². The summed E-state index contributed by atoms with van der Waals surface area (Å²) in [6, 6.07) is 9.39. The van der Waals surface area contributed by atoms with Crippen LogP contribution >= 0.6 is 0 Å². The molecule has 2 aliphatic heterocycles. The Morgan fingerprint density at radius 1 is 1.22 bits per heavy atom. The predicted octanol–water partition coefficient (Wildman–Crippen LogP) is 4.34. The van der Waals surface area contributed by atoms with E-state index in [-0.39, 0.29) is 5.88 Å². The lowest BCUT2D eigenvalue weighted by Crippen LogP contribution is -2.59. The molecule has 1 aromatic heterocycles. The van der Waals surface area contributed by atoms with Gasteiger partial charge in [0.05, 0.1) is 7.11 Å². The number of aryl methyl sites for hydroxylation is 1. The number of methoxy groups -OCH3 is 1. The number of hydrogen-bond donors (Lipinski definition) is 0. The zero-order valence-corrected chi connectivity index (χ0v) is 13.6. The standard InChI is InChI=1S/C19H21FN2O/c1-12-6-7-16(22-14-4-3-5-15(22)9-14)10-17(12)13-8-18(20)19(23-2)21-11-13/h6-8,10-11,14-15H,3-5,9H2,1-2H3. The first-order chi connectivity index (χ1) is 11.2. The summed E-state index contributed by atoms with van der Waals surface area (Å²) in [4.78, 5) is 6.61. The van der Waals surface area contributed by atoms with Gasteiger partial charge in [0.25, 0.3) is 0 Å². The molecule has 0 saturated carbocycles. The van der Waals surface area contributed by atoms with Gasteiger partial charge in [-0.1, -0.05) is 6.07 Å². The van der Waals surface area contributed by atoms with Crippen molar-refractivity contribution in [2.24, 2.45) is 0 Å². The molecule has 0 N–H and O–H groups in total. The molecule has 2 saturated heterocycles. The minimum atomic E-state index is -0.421. The van der Waals surface area contributed by atoms with Gasteiger partial charge in [-0.2, -0.15) is 0 Å². The van der Waals surface area contributed by atoms with Crippen molar-refractivity contribution < 1.29 is 9.13 Å². The fraction of sp³-hybridized carbons (Fsp3) is 0.421. The van der Waals surface area contributed by atoms with Crippen LogP contribution in [0.4, 0.5) is 10.1 Å². The lowest BCUT2D eigenvalue weighted by Gasteiger charge is -2.54. The first-order valence-electron chi connectivity index (χ1n) is 8.26. The molecule has 2 fully saturated rings. The van der Waals surface area contributed by atoms with E-state index in [1.807, 2.05) is 0 Å². The number of pyridine rings is 1. The Balaban J connectivity index is 1.71. The van der Waals surface area contributed by atoms with E-state index in [9.17, 15) is 4.39 Å². The molecule has 2 atom stereocenters. The molecule has 3 nitrogen and oxygen atoms in total. The highest BCUT2D eigenvalue weighted by Gasteiger charge is 2.41. The lowest BCUT2D eigenvalue weighted by molar-refractivity contribution is 0.244. The topological polar surface area (TPSA) is 25.4 Å². The van der Waals surface area contributed by atoms with Crippen molar-refractivity contribution in [3.63, 3.8) is 0 Å². The van der Waals surface area contributed by atoms with Gasteiger partial charge in [0.2, 0.25) is 5.88 Å². The van der Waals surface area contributed by atoms with E-state index in [1.54, 1.807) is 6.20 Å². The number of anilines is 1. The summed E-state index contributed by atoms with van der Waals surface area (Å²) in [5.74, 6) is -0.379. The number of hydrogen-bond acceptors (Lipinski definition) is 3. The number of fused-ring (bicyclic) bond motifs is 2. The van der Waals surface area contributed by atoms with Gasteiger partial charge >= 0.3 is 0 Å². The highest BCUT2D eigenvalue weighted by atomic mass is 19.1. The molecule has 3 heterocycles. The van der Waals surface area contributed by atoms with Crippen molar-refractivity contribution >= 4 is 5.69 Å². The molecule has 2 bridgehead atoms. The Hall–Kier alpha value is -2.10. The van der Waals surface area contributed by atoms with Gasteiger partial charge in [0.1, 0.15) is 0 Å². The summed E-state index contributed by atoms with van der Waals surface area (Å²) in [5.41, 5.74) is 4.23. The van der Waals surface area contributed by atoms with Gasteiger partial charge in [-0.3, -0.25) is 0 Å². The average Bonchev–Trinajstić information content (AvgIpc) is 2.57. The van der Waals surface area contributed by atoms with Crippen LogP contribution in [-0.4, -0.2) is 24.2 Å². The summed E-state index contributed by atoms with van der Waals surface area (Å²) >= 11 is 0. The molecule has 4 heteroatoms. The Labute approximate surface area is 136 Å². The fourth-order valence-electron chi connectivity index (χ4n) is 4.03. The maximum absolute atomic E-state index is 14.0. The van der Waals surface area contributed by atoms with Crippen molar-refractivity contribution in [3.8, 4) is 17.0 Å². The van der Waals surface area contributed by atoms with Crippen LogP contribution < -0.4 is 9.64 Å². The second-order valence-corrected chi connectivity index (χ2v) is 6.60. The normalized spacial score (nSPS) is 22.7. The van der Waals surface area contributed by atoms with Crippen molar-refractivity contribution in [2.45, 2.75) is 44.7 Å². The average molecular weight is 312 g/mol. The molecular weight excluding hydrogens is 291 g/mol. The van der Waals surface area contributed by atoms with Gasteiger partial charge in [0.15, 0.2) is 5.82 Å². The lowest BCUT2D eigenvalue weighted by atomic mass is 9.79. The number of rotatable bonds is 3. The molecular formula is C19H21FN2O. The third-order valence-electron chi connectivity index (χ3n) is 5.24. The molecule has 2 aromatic rings. The number of ether oxygens (including phenoxy) is 1. The molecule has 1 aromatic carbocycles. The van der Waals surface area contributed by atoms with Gasteiger partial charge < -0.3 is 9.64 Å². The third-order valence-corrected chi connectivity index (χ3v) is 5.24. The number of benzene rings is 1. The second kappa shape index (κ2) is 5.52. The molecule has 2 unspecified atom stereocenters. The first-order valence-corrected chi connectivity index (χ1v) is 8.26. The van der Waals surface area contributed by atoms with Gasteiger partial charge in [-0.15, -0.1) is 0 Å². The van der Waals surface area contributed by atoms with E-state index in [0.717, 1.165) is 16.7 Å². The van der Waals surface area contributed by atoms with Gasteiger partial charge in [0, 0.05) is 29.5 Å². The Morgan fingerprint density at radius 2 is 2.00 bits per heavy atom. The van der Waals surface area contributed by atoms with Crippen molar-refractivity contribution in [1.29, 1.82) is 0 Å². The molecule has 0 amide bonds. The maximum Gasteiger partial charge on any atom is 0.250 e. The van der Waals surface area contributed by atoms with Crippen LogP contribution in [0.3, 0.4) is 0 Å². The van der Waals surface area contributed by atoms with E-state index < -0.39 is 5.82 Å². The van der Waals surface area contributed by atoms with Crippen molar-refractivity contribution in [3.05, 3.63) is 41.8 Å². The highest BCUT2D eigenvalue weighted by Crippen LogP contribution is 2.43. The minimum Gasteiger partial charge on any atom is -0.479 e. The first kappa shape index (κ1) is 14.5. The summed E-state index contributed by atoms with van der Waals surface area (Å²) in [6.07, 6.45) is 6.93. The van der Waals surface area contributed by atoms with Crippen LogP contribution in [0.5, 0.6) is 5.88 Å². The molecule has 0 radical (unpaired) electrons. The van der Waals surface area contributed by atoms with Crippen LogP contribution in [0.25, 0.3) is 11.1 Å². The smallest absolute Gasteiger partial charge is 0.250 e. The highest BCUT2D eigenvalue weighted by molar-refractivity contribution is 5.72. The van der Waals surface area contributed by atoms with E-state index in [0.29, 0.717) is 12.1 Å². The van der Waals surface area contributed by atoms with Crippen molar-refractivity contribution in [1.82, 2.24) is 4.98 Å². The largest absolute Gasteiger partial charge is 0.479 e. The van der Waals surface area contributed by atoms with Crippen LogP contribution in [-0.2, 0) is 0 Å². The second-order valence-electron chi connectivity index (χ2n) is 6.60. The Morgan fingerprint density at radius 3 is 2.65 bits per heavy atom. The van der Waals surface area contributed by atoms with E-state index in [2.05, 4.69) is 35.0 Å². The number of nitrogens with zero attached hydrogens (tertiary/aromatic N) is 2. The monoisotopic (exact) mass is 312 g/mol. The van der Waals surface area contributed by atoms with E-state index in [4.69, 9.17) is 4.74 Å². The molecule has 0 aliphatic carbocycles. The fourth-order valence-corrected chi connectivity index (χ4v) is 4.03. The summed E-state index contributed by atoms with van der Waals surface area (Å²) in [7, 11) is 1.43. The molecule has 23 heavy (non-hydrogen) atoms. The molecule has 120 valence electrons. The summed E-state index contributed by atoms with van der Waals surface area (Å²) in [5, 5.41) is 0. The summed E-state index contributed by atoms with van der Waals surface area (Å²) < 4.78 is 18.9. The minimum absolute atomic E-state index is 0.0415. The van der Waals surface area contributed by atoms with E-state index >= 15 is 0 Å². The molecule has 2 aliphatic rings. The zero-order valence-electron chi connectivity index (χ0n) is 13.6. The SMILES string of the molecule is COc1ncc(-c2cc(N3C4CCCC3C4)ccc2C)cc1F. The Bertz CT molecular complexity index is 732. The quantitative estimate of drug-likeness (QED) is 0.843. The van der Waals surface area contributed by atoms with Crippen LogP contribution in [0.2, 0.25) is 0 Å². The molecule has 4 rings (SSSR count). The maximum atomic E-state index is 14.0. The van der Waals surface area contributed by atoms with Gasteiger partial charge in [-0.05, 0) is 61.9 Å². The predicted molar refractivity (Wildman–Crippen MR) is 89.4 cm³/mol. The van der Waals surface area contributed by atoms with Crippen molar-refractivity contribution in [2.75, 3.05) is 12.0 Å². The zero-order chi connectivity index (χ0) is 16.0. The number of aromatic nitrogens is 1.